The van der Waals surface area contributed by atoms with E-state index in [2.05, 4.69) is 5.32 Å². The summed E-state index contributed by atoms with van der Waals surface area (Å²) in [4.78, 5) is 0. The number of hydrogen-bond donors (Lipinski definition) is 3. The van der Waals surface area contributed by atoms with Crippen LogP contribution in [0.15, 0.2) is 18.2 Å². The molecule has 0 aliphatic carbocycles. The van der Waals surface area contributed by atoms with Gasteiger partial charge in [-0.1, -0.05) is 18.2 Å². The van der Waals surface area contributed by atoms with Gasteiger partial charge < -0.3 is 15.5 Å². The molecule has 0 amide bonds. The van der Waals surface area contributed by atoms with Gasteiger partial charge in [-0.05, 0) is 32.8 Å². The van der Waals surface area contributed by atoms with E-state index in [0.29, 0.717) is 18.7 Å². The number of phenolic OH excluding ortho intramolecular Hbond substituents is 1. The molecule has 0 spiro atoms. The summed E-state index contributed by atoms with van der Waals surface area (Å²) in [7, 11) is 0. The van der Waals surface area contributed by atoms with Crippen LogP contribution in [0.3, 0.4) is 0 Å². The van der Waals surface area contributed by atoms with Crippen molar-refractivity contribution >= 4 is 0 Å². The molecule has 0 atom stereocenters. The second kappa shape index (κ2) is 5.32. The van der Waals surface area contributed by atoms with Crippen LogP contribution in [0, 0.1) is 6.92 Å². The molecule has 16 heavy (non-hydrogen) atoms. The fourth-order valence-corrected chi connectivity index (χ4v) is 1.56. The maximum Gasteiger partial charge on any atom is 0.122 e. The minimum atomic E-state index is -0.120. The van der Waals surface area contributed by atoms with E-state index in [1.807, 2.05) is 39.0 Å². The summed E-state index contributed by atoms with van der Waals surface area (Å²) >= 11 is 0. The van der Waals surface area contributed by atoms with Gasteiger partial charge in [0.1, 0.15) is 5.75 Å². The number of aromatic hydroxyl groups is 1. The average Bonchev–Trinajstić information content (AvgIpc) is 2.20. The Hall–Kier alpha value is -1.06. The number of aliphatic hydroxyl groups is 1. The largest absolute Gasteiger partial charge is 0.507 e. The third-order valence-corrected chi connectivity index (χ3v) is 2.82. The lowest BCUT2D eigenvalue weighted by molar-refractivity contribution is 0.229. The van der Waals surface area contributed by atoms with Crippen LogP contribution in [0.2, 0.25) is 0 Å². The standard InChI is InChI=1S/C13H21NO2/c1-10-5-4-6-11(12(10)16)9-14-13(2,3)7-8-15/h4-6,14-16H,7-9H2,1-3H3. The van der Waals surface area contributed by atoms with Crippen LogP contribution in [0.25, 0.3) is 0 Å². The quantitative estimate of drug-likeness (QED) is 0.715. The van der Waals surface area contributed by atoms with Gasteiger partial charge in [0.05, 0.1) is 0 Å². The van der Waals surface area contributed by atoms with Crippen molar-refractivity contribution in [1.29, 1.82) is 0 Å². The fraction of sp³-hybridized carbons (Fsp3) is 0.538. The molecule has 0 heterocycles. The zero-order chi connectivity index (χ0) is 12.2. The lowest BCUT2D eigenvalue weighted by Crippen LogP contribution is -2.39. The Labute approximate surface area is 97.1 Å². The predicted octanol–water partition coefficient (Wildman–Crippen LogP) is 1.95. The Morgan fingerprint density at radius 2 is 2.00 bits per heavy atom. The second-order valence-corrected chi connectivity index (χ2v) is 4.79. The van der Waals surface area contributed by atoms with E-state index in [0.717, 1.165) is 11.1 Å². The summed E-state index contributed by atoms with van der Waals surface area (Å²) < 4.78 is 0. The first-order valence-corrected chi connectivity index (χ1v) is 5.59. The second-order valence-electron chi connectivity index (χ2n) is 4.79. The highest BCUT2D eigenvalue weighted by Gasteiger charge is 2.16. The summed E-state index contributed by atoms with van der Waals surface area (Å²) in [5.74, 6) is 0.356. The zero-order valence-electron chi connectivity index (χ0n) is 10.2. The summed E-state index contributed by atoms with van der Waals surface area (Å²) in [6.07, 6.45) is 0.694. The summed E-state index contributed by atoms with van der Waals surface area (Å²) in [5.41, 5.74) is 1.66. The molecule has 0 bridgehead atoms. The van der Waals surface area contributed by atoms with Crippen molar-refractivity contribution in [2.45, 2.75) is 39.3 Å². The van der Waals surface area contributed by atoms with Gasteiger partial charge >= 0.3 is 0 Å². The van der Waals surface area contributed by atoms with Gasteiger partial charge in [-0.3, -0.25) is 0 Å². The Kier molecular flexibility index (Phi) is 4.33. The Morgan fingerprint density at radius 1 is 1.31 bits per heavy atom. The van der Waals surface area contributed by atoms with Crippen molar-refractivity contribution in [3.05, 3.63) is 29.3 Å². The summed E-state index contributed by atoms with van der Waals surface area (Å²) in [6.45, 7) is 6.74. The van der Waals surface area contributed by atoms with Gasteiger partial charge in [-0.15, -0.1) is 0 Å². The fourth-order valence-electron chi connectivity index (χ4n) is 1.56. The lowest BCUT2D eigenvalue weighted by atomic mass is 10.0. The highest BCUT2D eigenvalue weighted by molar-refractivity contribution is 5.39. The number of para-hydroxylation sites is 1. The van der Waals surface area contributed by atoms with Crippen LogP contribution < -0.4 is 5.32 Å². The van der Waals surface area contributed by atoms with Gasteiger partial charge in [-0.2, -0.15) is 0 Å². The number of aliphatic hydroxyl groups excluding tert-OH is 1. The third kappa shape index (κ3) is 3.51. The molecule has 0 aliphatic heterocycles. The average molecular weight is 223 g/mol. The van der Waals surface area contributed by atoms with E-state index in [1.54, 1.807) is 0 Å². The van der Waals surface area contributed by atoms with Gasteiger partial charge in [0.15, 0.2) is 0 Å². The monoisotopic (exact) mass is 223 g/mol. The Balaban J connectivity index is 2.64. The number of rotatable bonds is 5. The Bertz CT molecular complexity index is 348. The molecule has 0 fully saturated rings. The smallest absolute Gasteiger partial charge is 0.122 e. The molecule has 0 saturated heterocycles. The van der Waals surface area contributed by atoms with Crippen molar-refractivity contribution in [1.82, 2.24) is 5.32 Å². The van der Waals surface area contributed by atoms with Crippen LogP contribution in [0.1, 0.15) is 31.4 Å². The predicted molar refractivity (Wildman–Crippen MR) is 65.5 cm³/mol. The number of nitrogens with one attached hydrogen (secondary N) is 1. The highest BCUT2D eigenvalue weighted by Crippen LogP contribution is 2.22. The molecule has 0 unspecified atom stereocenters. The third-order valence-electron chi connectivity index (χ3n) is 2.82. The first-order chi connectivity index (χ1) is 7.46. The number of hydrogen-bond acceptors (Lipinski definition) is 3. The normalized spacial score (nSPS) is 11.8. The first-order valence-electron chi connectivity index (χ1n) is 5.59. The van der Waals surface area contributed by atoms with E-state index >= 15 is 0 Å². The summed E-state index contributed by atoms with van der Waals surface area (Å²) in [6, 6.07) is 5.73. The van der Waals surface area contributed by atoms with E-state index in [4.69, 9.17) is 5.11 Å². The van der Waals surface area contributed by atoms with Gasteiger partial charge in [-0.25, -0.2) is 0 Å². The topological polar surface area (TPSA) is 52.5 Å². The van der Waals surface area contributed by atoms with Crippen molar-refractivity contribution in [3.63, 3.8) is 0 Å². The van der Waals surface area contributed by atoms with Gasteiger partial charge in [0.25, 0.3) is 0 Å². The van der Waals surface area contributed by atoms with Crippen LogP contribution in [0.4, 0.5) is 0 Å². The molecule has 3 N–H and O–H groups in total. The van der Waals surface area contributed by atoms with Crippen molar-refractivity contribution in [2.75, 3.05) is 6.61 Å². The molecule has 90 valence electrons. The Morgan fingerprint density at radius 3 is 2.62 bits per heavy atom. The van der Waals surface area contributed by atoms with Crippen LogP contribution in [0.5, 0.6) is 5.75 Å². The molecular formula is C13H21NO2. The molecule has 0 saturated carbocycles. The van der Waals surface area contributed by atoms with Gasteiger partial charge in [0, 0.05) is 24.3 Å². The SMILES string of the molecule is Cc1cccc(CNC(C)(C)CCO)c1O. The molecule has 0 radical (unpaired) electrons. The van der Waals surface area contributed by atoms with Crippen LogP contribution in [-0.4, -0.2) is 22.4 Å². The van der Waals surface area contributed by atoms with E-state index in [9.17, 15) is 5.11 Å². The van der Waals surface area contributed by atoms with Crippen molar-refractivity contribution in [3.8, 4) is 5.75 Å². The molecule has 1 aromatic rings. The maximum absolute atomic E-state index is 9.83. The molecule has 3 nitrogen and oxygen atoms in total. The van der Waals surface area contributed by atoms with Crippen molar-refractivity contribution in [2.24, 2.45) is 0 Å². The first kappa shape index (κ1) is 13.0. The highest BCUT2D eigenvalue weighted by atomic mass is 16.3. The molecule has 0 aromatic heterocycles. The van der Waals surface area contributed by atoms with Crippen LogP contribution >= 0.6 is 0 Å². The molecule has 3 heteroatoms. The minimum Gasteiger partial charge on any atom is -0.507 e. The van der Waals surface area contributed by atoms with Crippen LogP contribution in [-0.2, 0) is 6.54 Å². The van der Waals surface area contributed by atoms with E-state index in [1.165, 1.54) is 0 Å². The van der Waals surface area contributed by atoms with Crippen molar-refractivity contribution < 1.29 is 10.2 Å². The maximum atomic E-state index is 9.83. The number of aryl methyl sites for hydroxylation is 1. The zero-order valence-corrected chi connectivity index (χ0v) is 10.2. The minimum absolute atomic E-state index is 0.120. The summed E-state index contributed by atoms with van der Waals surface area (Å²) in [5, 5.41) is 22.1. The number of phenols is 1. The molecule has 1 aromatic carbocycles. The van der Waals surface area contributed by atoms with E-state index in [-0.39, 0.29) is 12.1 Å². The lowest BCUT2D eigenvalue weighted by Gasteiger charge is -2.25. The van der Waals surface area contributed by atoms with Gasteiger partial charge in [0.2, 0.25) is 0 Å². The molecule has 1 rings (SSSR count). The molecular weight excluding hydrogens is 202 g/mol. The van der Waals surface area contributed by atoms with E-state index < -0.39 is 0 Å². The molecule has 0 aliphatic rings. The number of benzene rings is 1.